The molecule has 0 bridgehead atoms. The molecule has 20 heavy (non-hydrogen) atoms. The Morgan fingerprint density at radius 1 is 1.25 bits per heavy atom. The summed E-state index contributed by atoms with van der Waals surface area (Å²) in [6.45, 7) is 5.68. The third-order valence-electron chi connectivity index (χ3n) is 4.86. The maximum absolute atomic E-state index is 12.5. The number of aliphatic hydroxyl groups is 1. The largest absolute Gasteiger partial charge is 0.395 e. The number of ether oxygens (including phenoxy) is 1. The standard InChI is InChI=1S/C15H26N2O3/c18-8-5-17(4-3-16-6-9-20-10-7-16)15(19)14-11-13(14)12-1-2-12/h12-14,18H,1-11H2. The molecule has 0 spiro atoms. The first kappa shape index (κ1) is 14.3. The van der Waals surface area contributed by atoms with Crippen LogP contribution < -0.4 is 0 Å². The van der Waals surface area contributed by atoms with E-state index < -0.39 is 0 Å². The molecule has 3 aliphatic rings. The topological polar surface area (TPSA) is 53.0 Å². The van der Waals surface area contributed by atoms with Crippen LogP contribution in [0, 0.1) is 17.8 Å². The van der Waals surface area contributed by atoms with Crippen LogP contribution in [0.3, 0.4) is 0 Å². The normalized spacial score (nSPS) is 30.2. The Bertz CT molecular complexity index is 340. The third-order valence-corrected chi connectivity index (χ3v) is 4.86. The Hall–Kier alpha value is -0.650. The van der Waals surface area contributed by atoms with E-state index in [2.05, 4.69) is 4.90 Å². The molecule has 2 atom stereocenters. The highest BCUT2D eigenvalue weighted by Crippen LogP contribution is 2.54. The molecule has 3 fully saturated rings. The van der Waals surface area contributed by atoms with Gasteiger partial charge in [-0.1, -0.05) is 0 Å². The minimum atomic E-state index is 0.0651. The van der Waals surface area contributed by atoms with Crippen LogP contribution in [0.5, 0.6) is 0 Å². The van der Waals surface area contributed by atoms with Crippen molar-refractivity contribution in [2.75, 3.05) is 52.5 Å². The molecule has 5 nitrogen and oxygen atoms in total. The summed E-state index contributed by atoms with van der Waals surface area (Å²) < 4.78 is 5.33. The van der Waals surface area contributed by atoms with Crippen LogP contribution in [-0.2, 0) is 9.53 Å². The van der Waals surface area contributed by atoms with Gasteiger partial charge in [0.15, 0.2) is 0 Å². The van der Waals surface area contributed by atoms with Crippen molar-refractivity contribution >= 4 is 5.91 Å². The van der Waals surface area contributed by atoms with Crippen LogP contribution in [0.1, 0.15) is 19.3 Å². The van der Waals surface area contributed by atoms with E-state index in [1.807, 2.05) is 4.90 Å². The second-order valence-electron chi connectivity index (χ2n) is 6.35. The molecule has 1 heterocycles. The zero-order valence-corrected chi connectivity index (χ0v) is 12.2. The van der Waals surface area contributed by atoms with Crippen molar-refractivity contribution < 1.29 is 14.6 Å². The second kappa shape index (κ2) is 6.41. The fourth-order valence-corrected chi connectivity index (χ4v) is 3.32. The number of hydrogen-bond acceptors (Lipinski definition) is 4. The van der Waals surface area contributed by atoms with E-state index in [1.165, 1.54) is 12.8 Å². The summed E-state index contributed by atoms with van der Waals surface area (Å²) in [7, 11) is 0. The van der Waals surface area contributed by atoms with Crippen molar-refractivity contribution in [1.82, 2.24) is 9.80 Å². The Kier molecular flexibility index (Phi) is 4.58. The Balaban J connectivity index is 1.45. The Morgan fingerprint density at radius 3 is 2.65 bits per heavy atom. The fraction of sp³-hybridized carbons (Fsp3) is 0.933. The van der Waals surface area contributed by atoms with E-state index in [1.54, 1.807) is 0 Å². The van der Waals surface area contributed by atoms with Crippen LogP contribution in [-0.4, -0.2) is 73.4 Å². The van der Waals surface area contributed by atoms with Gasteiger partial charge in [-0.05, 0) is 31.1 Å². The predicted molar refractivity (Wildman–Crippen MR) is 75.2 cm³/mol. The van der Waals surface area contributed by atoms with Gasteiger partial charge in [0.2, 0.25) is 5.91 Å². The summed E-state index contributed by atoms with van der Waals surface area (Å²) in [6, 6.07) is 0. The quantitative estimate of drug-likeness (QED) is 0.724. The lowest BCUT2D eigenvalue weighted by atomic mass is 10.2. The van der Waals surface area contributed by atoms with E-state index in [9.17, 15) is 9.90 Å². The van der Waals surface area contributed by atoms with Gasteiger partial charge in [-0.2, -0.15) is 0 Å². The number of amides is 1. The van der Waals surface area contributed by atoms with Crippen molar-refractivity contribution in [2.24, 2.45) is 17.8 Å². The average Bonchev–Trinajstić information content (AvgIpc) is 3.35. The van der Waals surface area contributed by atoms with Gasteiger partial charge in [0.05, 0.1) is 19.8 Å². The smallest absolute Gasteiger partial charge is 0.226 e. The number of rotatable bonds is 7. The zero-order chi connectivity index (χ0) is 13.9. The van der Waals surface area contributed by atoms with Gasteiger partial charge in [0.1, 0.15) is 0 Å². The van der Waals surface area contributed by atoms with Crippen molar-refractivity contribution in [3.8, 4) is 0 Å². The SMILES string of the molecule is O=C(C1CC1C1CC1)N(CCO)CCN1CCOCC1. The molecule has 0 aromatic carbocycles. The maximum atomic E-state index is 12.5. The van der Waals surface area contributed by atoms with Crippen LogP contribution in [0.25, 0.3) is 0 Å². The first-order chi connectivity index (χ1) is 9.79. The van der Waals surface area contributed by atoms with E-state index in [0.717, 1.165) is 51.7 Å². The predicted octanol–water partition coefficient (Wildman–Crippen LogP) is 0.186. The van der Waals surface area contributed by atoms with E-state index in [4.69, 9.17) is 4.74 Å². The molecule has 0 aromatic rings. The van der Waals surface area contributed by atoms with Crippen LogP contribution >= 0.6 is 0 Å². The van der Waals surface area contributed by atoms with Gasteiger partial charge in [-0.3, -0.25) is 9.69 Å². The van der Waals surface area contributed by atoms with Gasteiger partial charge in [-0.15, -0.1) is 0 Å². The summed E-state index contributed by atoms with van der Waals surface area (Å²) in [5.74, 6) is 2.04. The number of morpholine rings is 1. The van der Waals surface area contributed by atoms with E-state index in [0.29, 0.717) is 12.5 Å². The highest BCUT2D eigenvalue weighted by Gasteiger charge is 2.52. The van der Waals surface area contributed by atoms with Gasteiger partial charge in [-0.25, -0.2) is 0 Å². The van der Waals surface area contributed by atoms with Crippen molar-refractivity contribution in [3.63, 3.8) is 0 Å². The summed E-state index contributed by atoms with van der Waals surface area (Å²) in [5.41, 5.74) is 0. The highest BCUT2D eigenvalue weighted by atomic mass is 16.5. The molecular weight excluding hydrogens is 256 g/mol. The lowest BCUT2D eigenvalue weighted by Crippen LogP contribution is -2.44. The van der Waals surface area contributed by atoms with Crippen LogP contribution in [0.2, 0.25) is 0 Å². The molecule has 1 N–H and O–H groups in total. The molecule has 2 saturated carbocycles. The Morgan fingerprint density at radius 2 is 2.00 bits per heavy atom. The molecule has 0 aromatic heterocycles. The zero-order valence-electron chi connectivity index (χ0n) is 12.2. The minimum Gasteiger partial charge on any atom is -0.395 e. The van der Waals surface area contributed by atoms with Gasteiger partial charge < -0.3 is 14.7 Å². The number of aliphatic hydroxyl groups excluding tert-OH is 1. The summed E-state index contributed by atoms with van der Waals surface area (Å²) >= 11 is 0. The summed E-state index contributed by atoms with van der Waals surface area (Å²) in [4.78, 5) is 16.7. The molecule has 2 aliphatic carbocycles. The van der Waals surface area contributed by atoms with Crippen LogP contribution in [0.4, 0.5) is 0 Å². The number of carbonyl (C=O) groups excluding carboxylic acids is 1. The van der Waals surface area contributed by atoms with Gasteiger partial charge in [0, 0.05) is 38.6 Å². The second-order valence-corrected chi connectivity index (χ2v) is 6.35. The molecule has 3 rings (SSSR count). The lowest BCUT2D eigenvalue weighted by Gasteiger charge is -2.30. The molecule has 114 valence electrons. The monoisotopic (exact) mass is 282 g/mol. The van der Waals surface area contributed by atoms with Crippen molar-refractivity contribution in [3.05, 3.63) is 0 Å². The third kappa shape index (κ3) is 3.51. The average molecular weight is 282 g/mol. The first-order valence-corrected chi connectivity index (χ1v) is 7.99. The maximum Gasteiger partial charge on any atom is 0.226 e. The molecule has 1 amide bonds. The lowest BCUT2D eigenvalue weighted by molar-refractivity contribution is -0.133. The molecular formula is C15H26N2O3. The molecule has 1 saturated heterocycles. The van der Waals surface area contributed by atoms with Crippen LogP contribution in [0.15, 0.2) is 0 Å². The summed E-state index contributed by atoms with van der Waals surface area (Å²) in [5, 5.41) is 9.18. The molecule has 0 radical (unpaired) electrons. The minimum absolute atomic E-state index is 0.0651. The van der Waals surface area contributed by atoms with Crippen molar-refractivity contribution in [2.45, 2.75) is 19.3 Å². The molecule has 1 aliphatic heterocycles. The Labute approximate surface area is 120 Å². The summed E-state index contributed by atoms with van der Waals surface area (Å²) in [6.07, 6.45) is 3.73. The number of nitrogens with zero attached hydrogens (tertiary/aromatic N) is 2. The molecule has 5 heteroatoms. The number of carbonyl (C=O) groups is 1. The molecule has 2 unspecified atom stereocenters. The number of hydrogen-bond donors (Lipinski definition) is 1. The van der Waals surface area contributed by atoms with Gasteiger partial charge >= 0.3 is 0 Å². The highest BCUT2D eigenvalue weighted by molar-refractivity contribution is 5.81. The van der Waals surface area contributed by atoms with E-state index in [-0.39, 0.29) is 18.4 Å². The first-order valence-electron chi connectivity index (χ1n) is 7.99. The fourth-order valence-electron chi connectivity index (χ4n) is 3.32. The van der Waals surface area contributed by atoms with Gasteiger partial charge in [0.25, 0.3) is 0 Å². The van der Waals surface area contributed by atoms with Crippen molar-refractivity contribution in [1.29, 1.82) is 0 Å². The van der Waals surface area contributed by atoms with E-state index >= 15 is 0 Å².